The van der Waals surface area contributed by atoms with Crippen LogP contribution in [0.25, 0.3) is 0 Å². The van der Waals surface area contributed by atoms with E-state index in [0.717, 1.165) is 170 Å². The second kappa shape index (κ2) is 50.8. The van der Waals surface area contributed by atoms with Crippen molar-refractivity contribution < 1.29 is 4.39 Å². The lowest BCUT2D eigenvalue weighted by atomic mass is 9.95. The van der Waals surface area contributed by atoms with Crippen LogP contribution in [0.3, 0.4) is 0 Å². The molecule has 12 aromatic carbocycles. The minimum atomic E-state index is -0.153. The molecule has 0 aromatic heterocycles. The molecule has 12 aromatic rings. The third kappa shape index (κ3) is 26.2. The van der Waals surface area contributed by atoms with Crippen molar-refractivity contribution in [3.63, 3.8) is 0 Å². The number of anilines is 16. The molecule has 768 valence electrons. The number of halogens is 4. The lowest BCUT2D eigenvalue weighted by Gasteiger charge is -2.38. The van der Waals surface area contributed by atoms with E-state index in [2.05, 4.69) is 415 Å². The molecule has 12 heterocycles. The maximum absolute atomic E-state index is 13.9. The molecule has 0 radical (unpaired) electrons. The van der Waals surface area contributed by atoms with Crippen molar-refractivity contribution in [3.8, 4) is 0 Å². The van der Waals surface area contributed by atoms with Gasteiger partial charge in [0, 0.05) is 321 Å². The molecule has 6 fully saturated rings. The Kier molecular flexibility index (Phi) is 36.3. The highest BCUT2D eigenvalue weighted by Gasteiger charge is 2.33. The van der Waals surface area contributed by atoms with Crippen LogP contribution in [0, 0.1) is 5.82 Å². The molecule has 146 heavy (non-hydrogen) atoms. The van der Waals surface area contributed by atoms with Crippen molar-refractivity contribution in [2.45, 2.75) is 53.4 Å². The van der Waals surface area contributed by atoms with Gasteiger partial charge in [-0.3, -0.25) is 29.4 Å². The molecule has 24 heteroatoms. The van der Waals surface area contributed by atoms with E-state index in [9.17, 15) is 4.39 Å². The highest BCUT2D eigenvalue weighted by molar-refractivity contribution is 9.10. The first kappa shape index (κ1) is 104. The Bertz CT molecular complexity index is 5850. The average molecular weight is 2110 g/mol. The summed E-state index contributed by atoms with van der Waals surface area (Å²) >= 11 is 13.6. The first-order chi connectivity index (χ1) is 71.6. The Morgan fingerprint density at radius 2 is 0.438 bits per heavy atom. The number of hydrogen-bond donors (Lipinski definition) is 2. The van der Waals surface area contributed by atoms with Crippen molar-refractivity contribution in [1.29, 1.82) is 0 Å². The van der Waals surface area contributed by atoms with Crippen molar-refractivity contribution in [2.75, 3.05) is 316 Å². The second-order valence-corrected chi connectivity index (χ2v) is 43.2. The third-order valence-electron chi connectivity index (χ3n) is 32.0. The van der Waals surface area contributed by atoms with Gasteiger partial charge >= 0.3 is 0 Å². The van der Waals surface area contributed by atoms with Crippen LogP contribution in [0.4, 0.5) is 95.4 Å². The number of nitrogens with one attached hydrogen (secondary N) is 2. The summed E-state index contributed by atoms with van der Waals surface area (Å²) in [5, 5.41) is 7.93. The molecule has 2 N–H and O–H groups in total. The minimum absolute atomic E-state index is 0.153. The molecule has 0 unspecified atom stereocenters. The maximum Gasteiger partial charge on any atom is 0.125 e. The summed E-state index contributed by atoms with van der Waals surface area (Å²) in [5.74, 6) is -0.153. The van der Waals surface area contributed by atoms with Gasteiger partial charge in [-0.1, -0.05) is 217 Å². The van der Waals surface area contributed by atoms with E-state index in [0.29, 0.717) is 0 Å². The molecule has 0 atom stereocenters. The zero-order valence-corrected chi connectivity index (χ0v) is 91.0. The van der Waals surface area contributed by atoms with E-state index in [1.165, 1.54) is 267 Å². The number of benzene rings is 12. The van der Waals surface area contributed by atoms with E-state index >= 15 is 0 Å². The quantitative estimate of drug-likeness (QED) is 0.0675. The van der Waals surface area contributed by atoms with Crippen molar-refractivity contribution in [2.24, 2.45) is 0 Å². The Morgan fingerprint density at radius 1 is 0.219 bits per heavy atom. The lowest BCUT2D eigenvalue weighted by molar-refractivity contribution is 0.140. The van der Waals surface area contributed by atoms with Crippen LogP contribution in [0.2, 0.25) is 5.02 Å². The summed E-state index contributed by atoms with van der Waals surface area (Å²) < 4.78 is 16.2. The van der Waals surface area contributed by atoms with Gasteiger partial charge in [0.1, 0.15) is 5.82 Å². The van der Waals surface area contributed by atoms with E-state index in [4.69, 9.17) is 11.6 Å². The molecule has 20 nitrogen and oxygen atoms in total. The minimum Gasteiger partial charge on any atom is -0.352 e. The fourth-order valence-electron chi connectivity index (χ4n) is 23.0. The molecule has 24 rings (SSSR count). The van der Waals surface area contributed by atoms with Crippen LogP contribution in [0.15, 0.2) is 276 Å². The number of likely N-dealkylation sites (N-methyl/N-ethyl adjacent to an activating group) is 6. The van der Waals surface area contributed by atoms with Gasteiger partial charge in [-0.15, -0.1) is 0 Å². The summed E-state index contributed by atoms with van der Waals surface area (Å²) in [6.07, 6.45) is 3.97. The average Bonchev–Trinajstić information content (AvgIpc) is 0.791. The summed E-state index contributed by atoms with van der Waals surface area (Å²) in [6, 6.07) is 94.4. The lowest BCUT2D eigenvalue weighted by Crippen LogP contribution is -2.48. The van der Waals surface area contributed by atoms with Gasteiger partial charge in [0.05, 0.1) is 45.5 Å². The second-order valence-electron chi connectivity index (χ2n) is 40.9. The number of fused-ring (bicyclic) bond motifs is 12. The molecule has 0 bridgehead atoms. The molecular formula is C122H152Br2ClFN20. The molecule has 0 amide bonds. The Hall–Kier alpha value is -10.3. The monoisotopic (exact) mass is 2110 g/mol. The predicted molar refractivity (Wildman–Crippen MR) is 620 cm³/mol. The molecule has 0 aliphatic carbocycles. The third-order valence-corrected chi connectivity index (χ3v) is 33.2. The Morgan fingerprint density at radius 3 is 0.760 bits per heavy atom. The van der Waals surface area contributed by atoms with Crippen molar-refractivity contribution in [3.05, 3.63) is 331 Å². The molecule has 12 aliphatic rings. The van der Waals surface area contributed by atoms with Crippen LogP contribution in [0.5, 0.6) is 0 Å². The Labute approximate surface area is 891 Å². The van der Waals surface area contributed by atoms with Crippen LogP contribution in [-0.2, 0) is 25.7 Å². The van der Waals surface area contributed by atoms with E-state index < -0.39 is 0 Å². The zero-order valence-electron chi connectivity index (χ0n) is 87.1. The summed E-state index contributed by atoms with van der Waals surface area (Å²) in [4.78, 5) is 45.2. The van der Waals surface area contributed by atoms with Gasteiger partial charge < -0.3 is 69.4 Å². The van der Waals surface area contributed by atoms with Crippen molar-refractivity contribution in [1.82, 2.24) is 58.8 Å². The van der Waals surface area contributed by atoms with Crippen molar-refractivity contribution >= 4 is 134 Å². The van der Waals surface area contributed by atoms with Gasteiger partial charge in [0.25, 0.3) is 0 Å². The Balaban J connectivity index is 0.000000111. The van der Waals surface area contributed by atoms with Crippen LogP contribution in [-0.4, -0.2) is 335 Å². The fraction of sp³-hybridized carbons (Fsp3) is 0.410. The van der Waals surface area contributed by atoms with E-state index in [-0.39, 0.29) is 5.82 Å². The molecule has 0 saturated carbocycles. The molecule has 0 spiro atoms. The standard InChI is InChI=1S/C21H26BrN3.C21H26ClN3.C21H26FN3.C21H27N3.C19H23BrN4.C19H24N4/c3*1-2-23-9-11-24(12-10-23)13-14-25-20-6-4-3-5-17(20)15-18-7-8-19(22)16-21(18)25;1-2-22-11-13-23(14-12-22)15-16-24-20-9-5-3-7-18(20)17-19-8-4-6-10-21(19)24;1-22-8-10-23(11-9-22)12-13-24-18-5-3-2-4-16(18)21-17-7-6-15(20)14-19(17)24;1-21-10-12-22(13-11-21)14-15-23-18-8-4-2-6-16(18)20-17-7-3-5-9-19(17)23/h3*3-8,16H,2,9-15H2,1H3;3-10H,2,11-17H2,1H3;2-7,14,21H,8-13H2,1H3;2-9,20H,10-15H2,1H3. The first-order valence-electron chi connectivity index (χ1n) is 54.2. The van der Waals surface area contributed by atoms with Gasteiger partial charge in [-0.2, -0.15) is 0 Å². The van der Waals surface area contributed by atoms with E-state index in [1.807, 2.05) is 12.1 Å². The molecule has 12 aliphatic heterocycles. The number of nitrogens with zero attached hydrogens (tertiary/aromatic N) is 18. The highest BCUT2D eigenvalue weighted by atomic mass is 79.9. The fourth-order valence-corrected chi connectivity index (χ4v) is 23.8. The SMILES string of the molecule is CCN1CCN(CCN2c3ccccc3Cc3ccc(Br)cc32)CC1.CCN1CCN(CCN2c3ccccc3Cc3ccc(Cl)cc32)CC1.CCN1CCN(CCN2c3ccccc3Cc3ccc(F)cc32)CC1.CCN1CCN(CCN2c3ccccc3Cc3ccccc32)CC1.CN1CCN(CCN2c3ccccc3Nc3ccc(Br)cc32)CC1.CN1CCN(CCN2c3ccccc3Nc3ccccc32)CC1. The van der Waals surface area contributed by atoms with Crippen LogP contribution >= 0.6 is 43.5 Å². The number of para-hydroxylation sites is 11. The smallest absolute Gasteiger partial charge is 0.125 e. The largest absolute Gasteiger partial charge is 0.352 e. The number of hydrogen-bond acceptors (Lipinski definition) is 20. The van der Waals surface area contributed by atoms with Gasteiger partial charge in [-0.05, 0) is 206 Å². The number of rotatable bonds is 22. The normalized spacial score (nSPS) is 18.1. The summed E-state index contributed by atoms with van der Waals surface area (Å²) in [6.45, 7) is 54.5. The van der Waals surface area contributed by atoms with Gasteiger partial charge in [0.2, 0.25) is 0 Å². The summed E-state index contributed by atoms with van der Waals surface area (Å²) in [5.41, 5.74) is 31.3. The van der Waals surface area contributed by atoms with E-state index in [1.54, 1.807) is 12.1 Å². The summed E-state index contributed by atoms with van der Waals surface area (Å²) in [7, 11) is 4.41. The zero-order chi connectivity index (χ0) is 100. The molecular weight excluding hydrogens is 1960 g/mol. The first-order valence-corrected chi connectivity index (χ1v) is 56.2. The van der Waals surface area contributed by atoms with Crippen LogP contribution < -0.4 is 40.0 Å². The van der Waals surface area contributed by atoms with Gasteiger partial charge in [0.15, 0.2) is 0 Å². The number of piperazine rings is 6. The maximum atomic E-state index is 13.9. The molecule has 6 saturated heterocycles. The van der Waals surface area contributed by atoms with Gasteiger partial charge in [-0.25, -0.2) is 4.39 Å². The topological polar surface area (TPSA) is 82.4 Å². The highest BCUT2D eigenvalue weighted by Crippen LogP contribution is 2.49. The van der Waals surface area contributed by atoms with Crippen LogP contribution in [0.1, 0.15) is 72.2 Å². The predicted octanol–water partition coefficient (Wildman–Crippen LogP) is 22.0.